The summed E-state index contributed by atoms with van der Waals surface area (Å²) in [7, 11) is 0. The lowest BCUT2D eigenvalue weighted by molar-refractivity contribution is 0.668. The lowest BCUT2D eigenvalue weighted by Gasteiger charge is -2.23. The van der Waals surface area contributed by atoms with E-state index in [-0.39, 0.29) is 0 Å². The van der Waals surface area contributed by atoms with Crippen LogP contribution in [0.1, 0.15) is 30.9 Å². The number of rotatable bonds is 4. The maximum Gasteiger partial charge on any atom is 0.0305 e. The van der Waals surface area contributed by atoms with E-state index < -0.39 is 0 Å². The molecule has 0 radical (unpaired) electrons. The maximum absolute atomic E-state index is 4.87. The predicted octanol–water partition coefficient (Wildman–Crippen LogP) is 6.29. The van der Waals surface area contributed by atoms with Crippen LogP contribution in [0.4, 0.5) is 0 Å². The first-order valence-electron chi connectivity index (χ1n) is 9.12. The molecule has 1 unspecified atom stereocenters. The molecule has 1 aliphatic heterocycles. The third-order valence-electron chi connectivity index (χ3n) is 5.16. The van der Waals surface area contributed by atoms with Crippen molar-refractivity contribution in [2.24, 2.45) is 10.9 Å². The van der Waals surface area contributed by atoms with Gasteiger partial charge in [-0.05, 0) is 46.4 Å². The average molecular weight is 325 g/mol. The Morgan fingerprint density at radius 1 is 0.880 bits per heavy atom. The molecule has 1 heterocycles. The number of hydrogen-bond acceptors (Lipinski definition) is 1. The summed E-state index contributed by atoms with van der Waals surface area (Å²) in [4.78, 5) is 4.87. The largest absolute Gasteiger partial charge is 0.265 e. The molecule has 1 nitrogen and oxygen atoms in total. The molecule has 0 bridgehead atoms. The molecule has 4 rings (SSSR count). The van der Waals surface area contributed by atoms with E-state index in [2.05, 4.69) is 85.9 Å². The Bertz CT molecular complexity index is 934. The van der Waals surface area contributed by atoms with Crippen LogP contribution in [0.15, 0.2) is 84.0 Å². The van der Waals surface area contributed by atoms with Gasteiger partial charge in [0.1, 0.15) is 0 Å². The summed E-state index contributed by atoms with van der Waals surface area (Å²) in [5, 5.41) is 2.59. The lowest BCUT2D eigenvalue weighted by Crippen LogP contribution is -2.19. The molecule has 0 aromatic heterocycles. The van der Waals surface area contributed by atoms with Crippen molar-refractivity contribution in [3.63, 3.8) is 0 Å². The normalized spacial score (nSPS) is 17.2. The van der Waals surface area contributed by atoms with Gasteiger partial charge in [0.25, 0.3) is 0 Å². The fraction of sp³-hybridized carbons (Fsp3) is 0.208. The molecular formula is C24H23N. The highest BCUT2D eigenvalue weighted by atomic mass is 14.7. The minimum Gasteiger partial charge on any atom is -0.265 e. The Labute approximate surface area is 149 Å². The topological polar surface area (TPSA) is 12.4 Å². The summed E-state index contributed by atoms with van der Waals surface area (Å²) in [5.41, 5.74) is 5.33. The summed E-state index contributed by atoms with van der Waals surface area (Å²) in [6.45, 7) is 2.27. The van der Waals surface area contributed by atoms with Gasteiger partial charge in [-0.15, -0.1) is 0 Å². The van der Waals surface area contributed by atoms with Crippen LogP contribution < -0.4 is 0 Å². The Morgan fingerprint density at radius 3 is 2.44 bits per heavy atom. The Hall–Kier alpha value is -2.67. The van der Waals surface area contributed by atoms with E-state index in [1.54, 1.807) is 0 Å². The number of benzene rings is 3. The second-order valence-corrected chi connectivity index (χ2v) is 6.81. The Balaban J connectivity index is 1.64. The number of nitrogens with zero attached hydrogens (tertiary/aromatic N) is 1. The van der Waals surface area contributed by atoms with Crippen LogP contribution >= 0.6 is 0 Å². The fourth-order valence-corrected chi connectivity index (χ4v) is 3.66. The molecule has 25 heavy (non-hydrogen) atoms. The Morgan fingerprint density at radius 2 is 1.64 bits per heavy atom. The zero-order chi connectivity index (χ0) is 17.1. The lowest BCUT2D eigenvalue weighted by atomic mass is 9.85. The molecule has 1 aliphatic rings. The molecule has 0 fully saturated rings. The van der Waals surface area contributed by atoms with Crippen LogP contribution in [0.5, 0.6) is 0 Å². The maximum atomic E-state index is 4.87. The van der Waals surface area contributed by atoms with Crippen molar-refractivity contribution >= 4 is 22.1 Å². The first-order chi connectivity index (χ1) is 12.3. The molecule has 0 saturated carbocycles. The van der Waals surface area contributed by atoms with Gasteiger partial charge in [-0.3, -0.25) is 4.99 Å². The standard InChI is InChI=1S/C24H23N/c1-2-19-15-23(17-25-24(19)14-18-8-4-3-5-9-18)22-13-12-20-10-6-7-11-21(20)16-22/h3-13,16-17,19H,2,14-15H2,1H3. The van der Waals surface area contributed by atoms with E-state index in [1.807, 2.05) is 0 Å². The molecule has 0 N–H and O–H groups in total. The van der Waals surface area contributed by atoms with Gasteiger partial charge in [0, 0.05) is 24.3 Å². The molecule has 1 atom stereocenters. The van der Waals surface area contributed by atoms with Crippen molar-refractivity contribution in [3.05, 3.63) is 90.1 Å². The summed E-state index contributed by atoms with van der Waals surface area (Å²) < 4.78 is 0. The molecule has 1 heteroatoms. The van der Waals surface area contributed by atoms with Crippen LogP contribution in [0.25, 0.3) is 16.3 Å². The highest BCUT2D eigenvalue weighted by Crippen LogP contribution is 2.31. The van der Waals surface area contributed by atoms with Gasteiger partial charge in [-0.25, -0.2) is 0 Å². The van der Waals surface area contributed by atoms with Gasteiger partial charge in [-0.2, -0.15) is 0 Å². The van der Waals surface area contributed by atoms with Gasteiger partial charge >= 0.3 is 0 Å². The van der Waals surface area contributed by atoms with Crippen molar-refractivity contribution < 1.29 is 0 Å². The second-order valence-electron chi connectivity index (χ2n) is 6.81. The number of hydrogen-bond donors (Lipinski definition) is 0. The van der Waals surface area contributed by atoms with Crippen molar-refractivity contribution in [3.8, 4) is 0 Å². The smallest absolute Gasteiger partial charge is 0.0305 e. The van der Waals surface area contributed by atoms with Gasteiger partial charge in [0.2, 0.25) is 0 Å². The highest BCUT2D eigenvalue weighted by Gasteiger charge is 2.20. The van der Waals surface area contributed by atoms with Gasteiger partial charge in [0.15, 0.2) is 0 Å². The van der Waals surface area contributed by atoms with Crippen LogP contribution in [0.3, 0.4) is 0 Å². The molecule has 0 saturated heterocycles. The van der Waals surface area contributed by atoms with Gasteiger partial charge in [-0.1, -0.05) is 73.7 Å². The van der Waals surface area contributed by atoms with E-state index >= 15 is 0 Å². The zero-order valence-electron chi connectivity index (χ0n) is 14.7. The minimum absolute atomic E-state index is 0.534. The van der Waals surface area contributed by atoms with Crippen LogP contribution in [-0.2, 0) is 6.42 Å². The first-order valence-corrected chi connectivity index (χ1v) is 9.12. The number of allylic oxidation sites excluding steroid dienone is 1. The summed E-state index contributed by atoms with van der Waals surface area (Å²) in [5.74, 6) is 0.534. The highest BCUT2D eigenvalue weighted by molar-refractivity contribution is 5.94. The summed E-state index contributed by atoms with van der Waals surface area (Å²) in [6.07, 6.45) is 5.27. The fourth-order valence-electron chi connectivity index (χ4n) is 3.66. The monoisotopic (exact) mass is 325 g/mol. The van der Waals surface area contributed by atoms with Gasteiger partial charge in [0.05, 0.1) is 0 Å². The van der Waals surface area contributed by atoms with Crippen molar-refractivity contribution in [2.75, 3.05) is 0 Å². The average Bonchev–Trinajstić information content (AvgIpc) is 2.69. The SMILES string of the molecule is CCC1CC(c2ccc3ccccc3c2)=CN=C1Cc1ccccc1. The zero-order valence-corrected chi connectivity index (χ0v) is 14.7. The first kappa shape index (κ1) is 15.8. The summed E-state index contributed by atoms with van der Waals surface area (Å²) >= 11 is 0. The van der Waals surface area contributed by atoms with E-state index in [1.165, 1.54) is 33.2 Å². The van der Waals surface area contributed by atoms with Crippen molar-refractivity contribution in [1.82, 2.24) is 0 Å². The van der Waals surface area contributed by atoms with Crippen molar-refractivity contribution in [1.29, 1.82) is 0 Å². The molecule has 0 amide bonds. The van der Waals surface area contributed by atoms with E-state index in [0.717, 1.165) is 19.3 Å². The third kappa shape index (κ3) is 3.41. The molecule has 3 aromatic carbocycles. The molecule has 124 valence electrons. The summed E-state index contributed by atoms with van der Waals surface area (Å²) in [6, 6.07) is 26.0. The minimum atomic E-state index is 0.534. The second kappa shape index (κ2) is 7.06. The quantitative estimate of drug-likeness (QED) is 0.534. The molecular weight excluding hydrogens is 302 g/mol. The van der Waals surface area contributed by atoms with E-state index in [0.29, 0.717) is 5.92 Å². The number of fused-ring (bicyclic) bond motifs is 1. The van der Waals surface area contributed by atoms with Crippen LogP contribution in [0, 0.1) is 5.92 Å². The van der Waals surface area contributed by atoms with Crippen molar-refractivity contribution in [2.45, 2.75) is 26.2 Å². The van der Waals surface area contributed by atoms with Gasteiger partial charge < -0.3 is 0 Å². The van der Waals surface area contributed by atoms with Crippen LogP contribution in [-0.4, -0.2) is 5.71 Å². The Kier molecular flexibility index (Phi) is 4.47. The van der Waals surface area contributed by atoms with E-state index in [9.17, 15) is 0 Å². The van der Waals surface area contributed by atoms with Crippen LogP contribution in [0.2, 0.25) is 0 Å². The predicted molar refractivity (Wildman–Crippen MR) is 108 cm³/mol. The number of aliphatic imine (C=N–C) groups is 1. The third-order valence-corrected chi connectivity index (χ3v) is 5.16. The molecule has 0 aliphatic carbocycles. The van der Waals surface area contributed by atoms with E-state index in [4.69, 9.17) is 4.99 Å². The molecule has 3 aromatic rings. The molecule has 0 spiro atoms.